The maximum atomic E-state index is 6.23. The predicted molar refractivity (Wildman–Crippen MR) is 90.2 cm³/mol. The molecule has 0 saturated carbocycles. The Kier molecular flexibility index (Phi) is 4.70. The lowest BCUT2D eigenvalue weighted by Gasteiger charge is -2.53. The standard InChI is InChI=1S/C18H27N3O3/c1-14-2-3-17(20-19-14)21-12-18(13-21)10-16(6-9-24-18)23-11-15-4-7-22-8-5-15/h2-3,15-16H,4-13H2,1H3/t16-/m1/s1. The van der Waals surface area contributed by atoms with Crippen LogP contribution in [0.25, 0.3) is 0 Å². The number of aromatic nitrogens is 2. The zero-order chi connectivity index (χ0) is 16.4. The second kappa shape index (κ2) is 6.94. The number of anilines is 1. The zero-order valence-electron chi connectivity index (χ0n) is 14.4. The fraction of sp³-hybridized carbons (Fsp3) is 0.778. The molecule has 24 heavy (non-hydrogen) atoms. The van der Waals surface area contributed by atoms with Crippen LogP contribution in [-0.2, 0) is 14.2 Å². The van der Waals surface area contributed by atoms with E-state index in [2.05, 4.69) is 15.1 Å². The van der Waals surface area contributed by atoms with Crippen molar-refractivity contribution in [3.8, 4) is 0 Å². The van der Waals surface area contributed by atoms with Gasteiger partial charge in [-0.05, 0) is 44.2 Å². The molecule has 1 aromatic rings. The Hall–Kier alpha value is -1.24. The predicted octanol–water partition coefficient (Wildman–Crippen LogP) is 1.97. The van der Waals surface area contributed by atoms with Gasteiger partial charge >= 0.3 is 0 Å². The van der Waals surface area contributed by atoms with Gasteiger partial charge in [0.05, 0.1) is 24.9 Å². The largest absolute Gasteiger partial charge is 0.381 e. The Bertz CT molecular complexity index is 539. The Labute approximate surface area is 143 Å². The molecule has 1 spiro atoms. The minimum atomic E-state index is -0.0504. The van der Waals surface area contributed by atoms with Crippen LogP contribution in [0.2, 0.25) is 0 Å². The van der Waals surface area contributed by atoms with Crippen LogP contribution in [0.1, 0.15) is 31.4 Å². The summed E-state index contributed by atoms with van der Waals surface area (Å²) in [5.74, 6) is 1.61. The van der Waals surface area contributed by atoms with E-state index in [0.717, 1.165) is 76.7 Å². The monoisotopic (exact) mass is 333 g/mol. The van der Waals surface area contributed by atoms with Crippen molar-refractivity contribution >= 4 is 5.82 Å². The van der Waals surface area contributed by atoms with Gasteiger partial charge in [-0.3, -0.25) is 0 Å². The van der Waals surface area contributed by atoms with Crippen molar-refractivity contribution < 1.29 is 14.2 Å². The molecular formula is C18H27N3O3. The quantitative estimate of drug-likeness (QED) is 0.840. The summed E-state index contributed by atoms with van der Waals surface area (Å²) in [6.45, 7) is 7.18. The Balaban J connectivity index is 1.27. The molecule has 0 unspecified atom stereocenters. The van der Waals surface area contributed by atoms with Gasteiger partial charge in [-0.15, -0.1) is 5.10 Å². The van der Waals surface area contributed by atoms with Crippen molar-refractivity contribution in [2.45, 2.75) is 44.3 Å². The highest BCUT2D eigenvalue weighted by Gasteiger charge is 2.48. The van der Waals surface area contributed by atoms with Crippen molar-refractivity contribution in [3.63, 3.8) is 0 Å². The number of hydrogen-bond donors (Lipinski definition) is 0. The van der Waals surface area contributed by atoms with Gasteiger partial charge in [0.1, 0.15) is 5.60 Å². The third kappa shape index (κ3) is 3.55. The lowest BCUT2D eigenvalue weighted by atomic mass is 9.84. The van der Waals surface area contributed by atoms with Crippen LogP contribution in [0, 0.1) is 12.8 Å². The third-order valence-corrected chi connectivity index (χ3v) is 5.42. The minimum Gasteiger partial charge on any atom is -0.381 e. The molecule has 0 bridgehead atoms. The summed E-state index contributed by atoms with van der Waals surface area (Å²) in [5.41, 5.74) is 0.898. The van der Waals surface area contributed by atoms with Crippen LogP contribution in [0.4, 0.5) is 5.82 Å². The Morgan fingerprint density at radius 1 is 1.17 bits per heavy atom. The number of rotatable bonds is 4. The first kappa shape index (κ1) is 16.2. The molecule has 1 aromatic heterocycles. The molecule has 0 N–H and O–H groups in total. The third-order valence-electron chi connectivity index (χ3n) is 5.42. The van der Waals surface area contributed by atoms with E-state index in [1.807, 2.05) is 19.1 Å². The molecule has 3 aliphatic heterocycles. The van der Waals surface area contributed by atoms with E-state index >= 15 is 0 Å². The summed E-state index contributed by atoms with van der Waals surface area (Å²) in [6, 6.07) is 4.05. The number of aryl methyl sites for hydroxylation is 1. The van der Waals surface area contributed by atoms with Gasteiger partial charge in [0.25, 0.3) is 0 Å². The second-order valence-corrected chi connectivity index (χ2v) is 7.42. The molecular weight excluding hydrogens is 306 g/mol. The van der Waals surface area contributed by atoms with Crippen molar-refractivity contribution in [2.24, 2.45) is 5.92 Å². The Morgan fingerprint density at radius 3 is 2.75 bits per heavy atom. The van der Waals surface area contributed by atoms with Crippen LogP contribution < -0.4 is 4.90 Å². The van der Waals surface area contributed by atoms with Gasteiger partial charge in [-0.25, -0.2) is 0 Å². The number of hydrogen-bond acceptors (Lipinski definition) is 6. The molecule has 4 rings (SSSR count). The summed E-state index contributed by atoms with van der Waals surface area (Å²) in [5, 5.41) is 8.42. The fourth-order valence-corrected chi connectivity index (χ4v) is 3.90. The Morgan fingerprint density at radius 2 is 2.00 bits per heavy atom. The summed E-state index contributed by atoms with van der Waals surface area (Å²) in [7, 11) is 0. The number of nitrogens with zero attached hydrogens (tertiary/aromatic N) is 3. The van der Waals surface area contributed by atoms with E-state index in [4.69, 9.17) is 14.2 Å². The van der Waals surface area contributed by atoms with Gasteiger partial charge < -0.3 is 19.1 Å². The van der Waals surface area contributed by atoms with Crippen molar-refractivity contribution in [3.05, 3.63) is 17.8 Å². The van der Waals surface area contributed by atoms with Gasteiger partial charge in [-0.1, -0.05) is 0 Å². The van der Waals surface area contributed by atoms with Gasteiger partial charge in [-0.2, -0.15) is 5.10 Å². The molecule has 4 heterocycles. The average molecular weight is 333 g/mol. The van der Waals surface area contributed by atoms with Crippen molar-refractivity contribution in [1.82, 2.24) is 10.2 Å². The van der Waals surface area contributed by atoms with E-state index in [0.29, 0.717) is 12.0 Å². The normalized spacial score (nSPS) is 27.2. The van der Waals surface area contributed by atoms with E-state index in [9.17, 15) is 0 Å². The molecule has 3 aliphatic rings. The van der Waals surface area contributed by atoms with E-state index in [1.54, 1.807) is 0 Å². The van der Waals surface area contributed by atoms with Gasteiger partial charge in [0.15, 0.2) is 5.82 Å². The maximum Gasteiger partial charge on any atom is 0.151 e. The summed E-state index contributed by atoms with van der Waals surface area (Å²) >= 11 is 0. The first-order valence-electron chi connectivity index (χ1n) is 9.11. The molecule has 0 amide bonds. The molecule has 6 nitrogen and oxygen atoms in total. The summed E-state index contributed by atoms with van der Waals surface area (Å²) in [4.78, 5) is 2.24. The smallest absolute Gasteiger partial charge is 0.151 e. The first-order chi connectivity index (χ1) is 11.7. The molecule has 0 aromatic carbocycles. The topological polar surface area (TPSA) is 56.7 Å². The van der Waals surface area contributed by atoms with E-state index in [1.165, 1.54) is 0 Å². The summed E-state index contributed by atoms with van der Waals surface area (Å²) in [6.07, 6.45) is 4.59. The van der Waals surface area contributed by atoms with Crippen molar-refractivity contribution in [2.75, 3.05) is 44.4 Å². The lowest BCUT2D eigenvalue weighted by Crippen LogP contribution is -2.66. The van der Waals surface area contributed by atoms with Gasteiger partial charge in [0.2, 0.25) is 0 Å². The van der Waals surface area contributed by atoms with Gasteiger partial charge in [0, 0.05) is 32.8 Å². The van der Waals surface area contributed by atoms with Crippen LogP contribution in [-0.4, -0.2) is 61.4 Å². The SMILES string of the molecule is Cc1ccc(N2CC3(C[C@H](OCC4CCOCC4)CCO3)C2)nn1. The zero-order valence-corrected chi connectivity index (χ0v) is 14.4. The molecule has 0 radical (unpaired) electrons. The lowest BCUT2D eigenvalue weighted by molar-refractivity contribution is -0.150. The molecule has 3 fully saturated rings. The molecule has 6 heteroatoms. The minimum absolute atomic E-state index is 0.0504. The molecule has 1 atom stereocenters. The average Bonchev–Trinajstić information content (AvgIpc) is 2.60. The second-order valence-electron chi connectivity index (χ2n) is 7.42. The van der Waals surface area contributed by atoms with Crippen molar-refractivity contribution in [1.29, 1.82) is 0 Å². The van der Waals surface area contributed by atoms with E-state index in [-0.39, 0.29) is 5.60 Å². The molecule has 3 saturated heterocycles. The van der Waals surface area contributed by atoms with Crippen LogP contribution in [0.3, 0.4) is 0 Å². The highest BCUT2D eigenvalue weighted by atomic mass is 16.5. The first-order valence-corrected chi connectivity index (χ1v) is 9.11. The van der Waals surface area contributed by atoms with Crippen LogP contribution in [0.15, 0.2) is 12.1 Å². The molecule has 0 aliphatic carbocycles. The van der Waals surface area contributed by atoms with Crippen LogP contribution in [0.5, 0.6) is 0 Å². The van der Waals surface area contributed by atoms with E-state index < -0.39 is 0 Å². The maximum absolute atomic E-state index is 6.23. The number of ether oxygens (including phenoxy) is 3. The van der Waals surface area contributed by atoms with Crippen LogP contribution >= 0.6 is 0 Å². The highest BCUT2D eigenvalue weighted by Crippen LogP contribution is 2.37. The fourth-order valence-electron chi connectivity index (χ4n) is 3.90. The molecule has 132 valence electrons. The summed E-state index contributed by atoms with van der Waals surface area (Å²) < 4.78 is 17.8. The highest BCUT2D eigenvalue weighted by molar-refractivity contribution is 5.43.